The van der Waals surface area contributed by atoms with E-state index in [4.69, 9.17) is 4.74 Å². The maximum Gasteiger partial charge on any atom is 0.233 e. The summed E-state index contributed by atoms with van der Waals surface area (Å²) in [5.74, 6) is 1.21. The van der Waals surface area contributed by atoms with Crippen molar-refractivity contribution in [1.82, 2.24) is 25.5 Å². The van der Waals surface area contributed by atoms with Crippen molar-refractivity contribution in [2.45, 2.75) is 26.4 Å². The van der Waals surface area contributed by atoms with Crippen molar-refractivity contribution in [2.24, 2.45) is 0 Å². The second-order valence-corrected chi connectivity index (χ2v) is 4.25. The summed E-state index contributed by atoms with van der Waals surface area (Å²) in [6, 6.07) is 4.03. The SMILES string of the molecule is COc1ccc(-c2ncc(CNC(C)C)[nH]2)nn1. The summed E-state index contributed by atoms with van der Waals surface area (Å²) in [4.78, 5) is 7.49. The van der Waals surface area contributed by atoms with Crippen molar-refractivity contribution < 1.29 is 4.74 Å². The van der Waals surface area contributed by atoms with E-state index in [0.29, 0.717) is 23.4 Å². The molecule has 6 nitrogen and oxygen atoms in total. The van der Waals surface area contributed by atoms with Gasteiger partial charge < -0.3 is 15.0 Å². The third-order valence-corrected chi connectivity index (χ3v) is 2.42. The summed E-state index contributed by atoms with van der Waals surface area (Å²) in [6.45, 7) is 4.96. The number of hydrogen-bond acceptors (Lipinski definition) is 5. The number of aromatic amines is 1. The van der Waals surface area contributed by atoms with Gasteiger partial charge in [-0.05, 0) is 6.07 Å². The predicted octanol–water partition coefficient (Wildman–Crippen LogP) is 1.37. The van der Waals surface area contributed by atoms with Crippen molar-refractivity contribution in [3.05, 3.63) is 24.0 Å². The van der Waals surface area contributed by atoms with E-state index < -0.39 is 0 Å². The summed E-state index contributed by atoms with van der Waals surface area (Å²) in [6.07, 6.45) is 1.80. The Bertz CT molecular complexity index is 491. The zero-order valence-electron chi connectivity index (χ0n) is 10.8. The summed E-state index contributed by atoms with van der Waals surface area (Å²) in [5.41, 5.74) is 1.72. The molecule has 0 saturated carbocycles. The Balaban J connectivity index is 2.08. The van der Waals surface area contributed by atoms with Gasteiger partial charge in [-0.2, -0.15) is 0 Å². The number of aromatic nitrogens is 4. The number of rotatable bonds is 5. The Morgan fingerprint density at radius 3 is 2.78 bits per heavy atom. The molecular formula is C12H17N5O. The number of nitrogens with one attached hydrogen (secondary N) is 2. The van der Waals surface area contributed by atoms with Crippen molar-refractivity contribution >= 4 is 0 Å². The molecule has 0 aromatic carbocycles. The maximum atomic E-state index is 4.96. The highest BCUT2D eigenvalue weighted by Gasteiger charge is 2.06. The van der Waals surface area contributed by atoms with E-state index >= 15 is 0 Å². The number of ether oxygens (including phenoxy) is 1. The summed E-state index contributed by atoms with van der Waals surface area (Å²) in [7, 11) is 1.56. The van der Waals surface area contributed by atoms with E-state index in [1.807, 2.05) is 6.07 Å². The van der Waals surface area contributed by atoms with Crippen LogP contribution < -0.4 is 10.1 Å². The van der Waals surface area contributed by atoms with Crippen LogP contribution in [0.5, 0.6) is 5.88 Å². The van der Waals surface area contributed by atoms with Gasteiger partial charge in [-0.25, -0.2) is 4.98 Å². The Morgan fingerprint density at radius 1 is 1.33 bits per heavy atom. The van der Waals surface area contributed by atoms with Gasteiger partial charge in [-0.3, -0.25) is 0 Å². The van der Waals surface area contributed by atoms with Gasteiger partial charge in [0.25, 0.3) is 0 Å². The van der Waals surface area contributed by atoms with Gasteiger partial charge in [0.15, 0.2) is 5.82 Å². The second-order valence-electron chi connectivity index (χ2n) is 4.25. The van der Waals surface area contributed by atoms with Gasteiger partial charge in [-0.15, -0.1) is 10.2 Å². The van der Waals surface area contributed by atoms with Crippen LogP contribution in [0.2, 0.25) is 0 Å². The molecule has 0 bridgehead atoms. The molecule has 0 saturated heterocycles. The molecular weight excluding hydrogens is 230 g/mol. The number of imidazole rings is 1. The van der Waals surface area contributed by atoms with Gasteiger partial charge >= 0.3 is 0 Å². The van der Waals surface area contributed by atoms with Gasteiger partial charge in [0, 0.05) is 24.3 Å². The Labute approximate surface area is 106 Å². The van der Waals surface area contributed by atoms with Gasteiger partial charge in [-0.1, -0.05) is 13.8 Å². The lowest BCUT2D eigenvalue weighted by Crippen LogP contribution is -2.21. The third kappa shape index (κ3) is 3.04. The molecule has 2 aromatic heterocycles. The fourth-order valence-corrected chi connectivity index (χ4v) is 1.45. The second kappa shape index (κ2) is 5.59. The first-order valence-electron chi connectivity index (χ1n) is 5.84. The van der Waals surface area contributed by atoms with Crippen LogP contribution in [0.4, 0.5) is 0 Å². The molecule has 18 heavy (non-hydrogen) atoms. The highest BCUT2D eigenvalue weighted by Crippen LogP contribution is 2.14. The van der Waals surface area contributed by atoms with E-state index in [1.165, 1.54) is 0 Å². The summed E-state index contributed by atoms with van der Waals surface area (Å²) in [5, 5.41) is 11.3. The van der Waals surface area contributed by atoms with Crippen LogP contribution in [0.15, 0.2) is 18.3 Å². The van der Waals surface area contributed by atoms with Gasteiger partial charge in [0.05, 0.1) is 13.3 Å². The predicted molar refractivity (Wildman–Crippen MR) is 68.1 cm³/mol. The zero-order chi connectivity index (χ0) is 13.0. The molecule has 0 radical (unpaired) electrons. The molecule has 0 aliphatic rings. The van der Waals surface area contributed by atoms with Crippen LogP contribution in [0.25, 0.3) is 11.5 Å². The lowest BCUT2D eigenvalue weighted by Gasteiger charge is -2.05. The average molecular weight is 247 g/mol. The molecule has 0 aliphatic carbocycles. The highest BCUT2D eigenvalue weighted by molar-refractivity contribution is 5.48. The Kier molecular flexibility index (Phi) is 3.88. The van der Waals surface area contributed by atoms with Crippen molar-refractivity contribution in [1.29, 1.82) is 0 Å². The first kappa shape index (κ1) is 12.5. The van der Waals surface area contributed by atoms with Crippen LogP contribution in [0, 0.1) is 0 Å². The number of methoxy groups -OCH3 is 1. The van der Waals surface area contributed by atoms with Crippen molar-refractivity contribution in [2.75, 3.05) is 7.11 Å². The normalized spacial score (nSPS) is 10.9. The van der Waals surface area contributed by atoms with E-state index in [1.54, 1.807) is 19.4 Å². The van der Waals surface area contributed by atoms with Crippen molar-refractivity contribution in [3.63, 3.8) is 0 Å². The smallest absolute Gasteiger partial charge is 0.233 e. The zero-order valence-corrected chi connectivity index (χ0v) is 10.8. The molecule has 0 aliphatic heterocycles. The Morgan fingerprint density at radius 2 is 2.17 bits per heavy atom. The molecule has 2 N–H and O–H groups in total. The van der Waals surface area contributed by atoms with E-state index in [2.05, 4.69) is 39.3 Å². The molecule has 2 heterocycles. The first-order valence-corrected chi connectivity index (χ1v) is 5.84. The number of H-pyrrole nitrogens is 1. The minimum Gasteiger partial charge on any atom is -0.480 e. The van der Waals surface area contributed by atoms with Gasteiger partial charge in [0.1, 0.15) is 5.69 Å². The lowest BCUT2D eigenvalue weighted by molar-refractivity contribution is 0.392. The average Bonchev–Trinajstić information content (AvgIpc) is 2.85. The molecule has 2 rings (SSSR count). The number of hydrogen-bond donors (Lipinski definition) is 2. The van der Waals surface area contributed by atoms with E-state index in [0.717, 1.165) is 12.2 Å². The fraction of sp³-hybridized carbons (Fsp3) is 0.417. The topological polar surface area (TPSA) is 75.7 Å². The fourth-order valence-electron chi connectivity index (χ4n) is 1.45. The molecule has 0 unspecified atom stereocenters. The van der Waals surface area contributed by atoms with Crippen LogP contribution in [0.1, 0.15) is 19.5 Å². The third-order valence-electron chi connectivity index (χ3n) is 2.42. The van der Waals surface area contributed by atoms with Crippen LogP contribution >= 0.6 is 0 Å². The Hall–Kier alpha value is -1.95. The minimum atomic E-state index is 0.442. The number of nitrogens with zero attached hydrogens (tertiary/aromatic N) is 3. The van der Waals surface area contributed by atoms with Crippen LogP contribution in [-0.4, -0.2) is 33.3 Å². The standard InChI is InChI=1S/C12H17N5O/c1-8(2)13-6-9-7-14-12(15-9)10-4-5-11(18-3)17-16-10/h4-5,7-8,13H,6H2,1-3H3,(H,14,15). The first-order chi connectivity index (χ1) is 8.69. The summed E-state index contributed by atoms with van der Waals surface area (Å²) < 4.78 is 4.96. The van der Waals surface area contributed by atoms with E-state index in [9.17, 15) is 0 Å². The lowest BCUT2D eigenvalue weighted by atomic mass is 10.3. The van der Waals surface area contributed by atoms with Crippen LogP contribution in [-0.2, 0) is 6.54 Å². The highest BCUT2D eigenvalue weighted by atomic mass is 16.5. The molecule has 2 aromatic rings. The van der Waals surface area contributed by atoms with Crippen LogP contribution in [0.3, 0.4) is 0 Å². The maximum absolute atomic E-state index is 4.96. The van der Waals surface area contributed by atoms with Crippen molar-refractivity contribution in [3.8, 4) is 17.4 Å². The molecule has 0 atom stereocenters. The molecule has 6 heteroatoms. The molecule has 96 valence electrons. The van der Waals surface area contributed by atoms with Gasteiger partial charge in [0.2, 0.25) is 5.88 Å². The minimum absolute atomic E-state index is 0.442. The molecule has 0 fully saturated rings. The monoisotopic (exact) mass is 247 g/mol. The summed E-state index contributed by atoms with van der Waals surface area (Å²) >= 11 is 0. The largest absolute Gasteiger partial charge is 0.480 e. The quantitative estimate of drug-likeness (QED) is 0.834. The molecule has 0 amide bonds. The molecule has 0 spiro atoms. The van der Waals surface area contributed by atoms with E-state index in [-0.39, 0.29) is 0 Å².